The van der Waals surface area contributed by atoms with Crippen molar-refractivity contribution >= 4 is 29.0 Å². The van der Waals surface area contributed by atoms with E-state index in [1.807, 2.05) is 17.0 Å². The predicted molar refractivity (Wildman–Crippen MR) is 137 cm³/mol. The van der Waals surface area contributed by atoms with Crippen LogP contribution in [-0.4, -0.2) is 53.8 Å². The molecule has 0 unspecified atom stereocenters. The van der Waals surface area contributed by atoms with Gasteiger partial charge in [-0.3, -0.25) is 4.90 Å². The molecule has 0 radical (unpaired) electrons. The van der Waals surface area contributed by atoms with E-state index in [1.165, 1.54) is 4.90 Å². The van der Waals surface area contributed by atoms with Crippen molar-refractivity contribution in [3.63, 3.8) is 0 Å². The Morgan fingerprint density at radius 1 is 1.08 bits per heavy atom. The largest absolute Gasteiger partial charge is 0.446 e. The second-order valence-corrected chi connectivity index (χ2v) is 9.37. The number of rotatable bonds is 6. The first-order chi connectivity index (χ1) is 18.6. The van der Waals surface area contributed by atoms with Gasteiger partial charge in [-0.25, -0.2) is 23.6 Å². The third kappa shape index (κ3) is 5.78. The van der Waals surface area contributed by atoms with Gasteiger partial charge in [-0.2, -0.15) is 13.2 Å². The van der Waals surface area contributed by atoms with Gasteiger partial charge in [0.2, 0.25) is 5.88 Å². The fourth-order valence-corrected chi connectivity index (χ4v) is 4.68. The number of alkyl halides is 3. The maximum atomic E-state index is 15.1. The maximum Gasteiger partial charge on any atom is 0.401 e. The van der Waals surface area contributed by atoms with Crippen molar-refractivity contribution in [3.8, 4) is 11.6 Å². The molecule has 2 aromatic carbocycles. The molecule has 1 N–H and O–H groups in total. The van der Waals surface area contributed by atoms with Gasteiger partial charge in [-0.15, -0.1) is 0 Å². The topological polar surface area (TPSA) is 57.9 Å². The number of nitrogens with one attached hydrogen (secondary N) is 1. The minimum atomic E-state index is -4.21. The van der Waals surface area contributed by atoms with Crippen LogP contribution in [0, 0.1) is 18.2 Å². The average Bonchev–Trinajstić information content (AvgIpc) is 3.30. The lowest BCUT2D eigenvalue weighted by Crippen LogP contribution is -2.49. The Bertz CT molecular complexity index is 1460. The molecule has 1 aliphatic heterocycles. The van der Waals surface area contributed by atoms with Gasteiger partial charge >= 0.3 is 6.18 Å². The molecule has 1 fully saturated rings. The van der Waals surface area contributed by atoms with Crippen molar-refractivity contribution < 1.29 is 26.7 Å². The fraction of sp³-hybridized carbons (Fsp3) is 0.296. The Kier molecular flexibility index (Phi) is 7.10. The number of aromatic nitrogens is 2. The van der Waals surface area contributed by atoms with Gasteiger partial charge in [-0.05, 0) is 37.6 Å². The number of ether oxygens (including phenoxy) is 1. The van der Waals surface area contributed by atoms with Crippen LogP contribution in [-0.2, 0) is 6.42 Å². The van der Waals surface area contributed by atoms with E-state index >= 15 is 4.39 Å². The lowest BCUT2D eigenvalue weighted by atomic mass is 10.1. The third-order valence-corrected chi connectivity index (χ3v) is 6.55. The summed E-state index contributed by atoms with van der Waals surface area (Å²) in [7, 11) is 0. The highest BCUT2D eigenvalue weighted by atomic mass is 19.4. The Morgan fingerprint density at radius 3 is 2.46 bits per heavy atom. The van der Waals surface area contributed by atoms with E-state index in [1.54, 1.807) is 25.1 Å². The molecular formula is C27H23F5N6O. The van der Waals surface area contributed by atoms with Crippen molar-refractivity contribution in [1.29, 1.82) is 0 Å². The average molecular weight is 543 g/mol. The zero-order valence-electron chi connectivity index (χ0n) is 20.8. The van der Waals surface area contributed by atoms with E-state index in [4.69, 9.17) is 11.3 Å². The van der Waals surface area contributed by atoms with Crippen molar-refractivity contribution in [2.24, 2.45) is 0 Å². The minimum Gasteiger partial charge on any atom is -0.446 e. The smallest absolute Gasteiger partial charge is 0.401 e. The molecule has 39 heavy (non-hydrogen) atoms. The molecular weight excluding hydrogens is 519 g/mol. The zero-order chi connectivity index (χ0) is 27.7. The molecule has 0 atom stereocenters. The lowest BCUT2D eigenvalue weighted by molar-refractivity contribution is -0.146. The molecule has 1 aromatic heterocycles. The van der Waals surface area contributed by atoms with Crippen molar-refractivity contribution in [3.05, 3.63) is 76.4 Å². The first-order valence-corrected chi connectivity index (χ1v) is 12.1. The van der Waals surface area contributed by atoms with Crippen LogP contribution in [0.25, 0.3) is 10.9 Å². The summed E-state index contributed by atoms with van der Waals surface area (Å²) in [4.78, 5) is 14.9. The number of piperazine rings is 1. The molecule has 1 aliphatic carbocycles. The highest BCUT2D eigenvalue weighted by Crippen LogP contribution is 2.40. The Hall–Kier alpha value is -4.24. The van der Waals surface area contributed by atoms with E-state index < -0.39 is 24.4 Å². The first-order valence-electron chi connectivity index (χ1n) is 12.1. The molecule has 0 saturated carbocycles. The van der Waals surface area contributed by atoms with E-state index in [0.717, 1.165) is 23.7 Å². The number of halogens is 5. The third-order valence-electron chi connectivity index (χ3n) is 6.55. The van der Waals surface area contributed by atoms with Crippen LogP contribution >= 0.6 is 0 Å². The maximum absolute atomic E-state index is 15.1. The highest BCUT2D eigenvalue weighted by Gasteiger charge is 2.32. The highest BCUT2D eigenvalue weighted by molar-refractivity contribution is 5.76. The monoisotopic (exact) mass is 542 g/mol. The summed E-state index contributed by atoms with van der Waals surface area (Å²) in [6, 6.07) is 8.08. The van der Waals surface area contributed by atoms with E-state index in [-0.39, 0.29) is 34.3 Å². The Morgan fingerprint density at radius 2 is 1.79 bits per heavy atom. The van der Waals surface area contributed by atoms with Gasteiger partial charge in [-0.1, -0.05) is 11.6 Å². The van der Waals surface area contributed by atoms with Gasteiger partial charge in [0.1, 0.15) is 18.0 Å². The van der Waals surface area contributed by atoms with Crippen LogP contribution in [0.3, 0.4) is 0 Å². The van der Waals surface area contributed by atoms with Crippen LogP contribution < -0.4 is 15.0 Å². The molecule has 0 spiro atoms. The Balaban J connectivity index is 1.29. The lowest BCUT2D eigenvalue weighted by Gasteiger charge is -2.36. The summed E-state index contributed by atoms with van der Waals surface area (Å²) in [5.74, 6) is -1.84. The standard InChI is InChI=1S/C27H23F5N6O/c1-16-11-19-20(12-16)23(29)22(13-21(19)28)39-26-24(33-2)25(34-15-35-26)36-17-3-5-18(6-4-17)38-9-7-37(8-10-38)14-27(30,31)32/h3-6,12-13,15H,7-11,14H2,1H3,(H,34,35,36). The van der Waals surface area contributed by atoms with E-state index in [9.17, 15) is 17.6 Å². The summed E-state index contributed by atoms with van der Waals surface area (Å²) in [6.45, 7) is 10.0. The summed E-state index contributed by atoms with van der Waals surface area (Å²) in [6.07, 6.45) is -1.18. The molecule has 2 heterocycles. The van der Waals surface area contributed by atoms with Gasteiger partial charge in [0.25, 0.3) is 5.69 Å². The van der Waals surface area contributed by atoms with Crippen LogP contribution in [0.2, 0.25) is 0 Å². The van der Waals surface area contributed by atoms with Crippen LogP contribution in [0.4, 0.5) is 44.8 Å². The zero-order valence-corrected chi connectivity index (χ0v) is 20.8. The second kappa shape index (κ2) is 10.5. The number of fused-ring (bicyclic) bond motifs is 1. The molecule has 1 saturated heterocycles. The predicted octanol–water partition coefficient (Wildman–Crippen LogP) is 6.49. The second-order valence-electron chi connectivity index (χ2n) is 9.37. The number of allylic oxidation sites excluding steroid dienone is 1. The van der Waals surface area contributed by atoms with Crippen LogP contribution in [0.15, 0.2) is 42.2 Å². The van der Waals surface area contributed by atoms with Crippen molar-refractivity contribution in [1.82, 2.24) is 14.9 Å². The molecule has 0 amide bonds. The van der Waals surface area contributed by atoms with Gasteiger partial charge in [0, 0.05) is 54.7 Å². The molecule has 7 nitrogen and oxygen atoms in total. The van der Waals surface area contributed by atoms with Gasteiger partial charge in [0.05, 0.1) is 13.1 Å². The number of hydrogen-bond donors (Lipinski definition) is 1. The summed E-state index contributed by atoms with van der Waals surface area (Å²) < 4.78 is 73.1. The SMILES string of the molecule is [C-]#[N+]c1c(Nc2ccc(N3CCN(CC(F)(F)F)CC3)cc2)ncnc1Oc1cc(F)c2c(c1F)C=C(C)C2. The molecule has 3 aromatic rings. The van der Waals surface area contributed by atoms with E-state index in [2.05, 4.69) is 20.1 Å². The van der Waals surface area contributed by atoms with Crippen LogP contribution in [0.5, 0.6) is 11.6 Å². The number of anilines is 3. The molecule has 12 heteroatoms. The summed E-state index contributed by atoms with van der Waals surface area (Å²) >= 11 is 0. The first kappa shape index (κ1) is 26.4. The Labute approximate surface area is 221 Å². The number of hydrogen-bond acceptors (Lipinski definition) is 6. The number of nitrogens with zero attached hydrogens (tertiary/aromatic N) is 5. The fourth-order valence-electron chi connectivity index (χ4n) is 4.68. The number of benzene rings is 2. The quantitative estimate of drug-likeness (QED) is 0.284. The minimum absolute atomic E-state index is 0.112. The summed E-state index contributed by atoms with van der Waals surface area (Å²) in [5, 5.41) is 3.01. The van der Waals surface area contributed by atoms with Gasteiger partial charge in [0.15, 0.2) is 11.6 Å². The molecule has 0 bridgehead atoms. The normalized spacial score (nSPS) is 15.5. The van der Waals surface area contributed by atoms with Crippen LogP contribution in [0.1, 0.15) is 18.1 Å². The summed E-state index contributed by atoms with van der Waals surface area (Å²) in [5.41, 5.74) is 2.53. The van der Waals surface area contributed by atoms with Gasteiger partial charge < -0.3 is 15.0 Å². The van der Waals surface area contributed by atoms with Crippen molar-refractivity contribution in [2.45, 2.75) is 19.5 Å². The van der Waals surface area contributed by atoms with Crippen molar-refractivity contribution in [2.75, 3.05) is 42.9 Å². The molecule has 202 valence electrons. The molecule has 2 aliphatic rings. The molecule has 5 rings (SSSR count). The van der Waals surface area contributed by atoms with E-state index in [0.29, 0.717) is 38.3 Å².